The van der Waals surface area contributed by atoms with Crippen molar-refractivity contribution in [1.82, 2.24) is 0 Å². The maximum Gasteiger partial charge on any atom is 0.229 e. The number of nitrogens with zero attached hydrogens (tertiary/aromatic N) is 2. The molecule has 4 rings (SSSR count). The molecule has 0 spiro atoms. The zero-order valence-corrected chi connectivity index (χ0v) is 14.7. The third kappa shape index (κ3) is 2.68. The molecule has 132 valence electrons. The van der Waals surface area contributed by atoms with E-state index in [0.29, 0.717) is 17.7 Å². The summed E-state index contributed by atoms with van der Waals surface area (Å²) in [6.45, 7) is 0.207. The van der Waals surface area contributed by atoms with Crippen LogP contribution in [-0.2, 0) is 9.47 Å². The molecule has 0 amide bonds. The van der Waals surface area contributed by atoms with Gasteiger partial charge in [-0.25, -0.2) is 0 Å². The molecule has 0 saturated carbocycles. The standard InChI is InChI=1S/C20H19N3O3/c1-23(2)13-4-6-16-18(8-13)26-20(22)17(10-21)19(16)12-3-5-14-9-15(7-12)25-11-24-14/h3-8,19H,9,11,22H2,1-2H3. The molecule has 0 aromatic heterocycles. The number of benzene rings is 1. The van der Waals surface area contributed by atoms with Gasteiger partial charge in [-0.15, -0.1) is 0 Å². The van der Waals surface area contributed by atoms with Gasteiger partial charge in [-0.05, 0) is 23.8 Å². The van der Waals surface area contributed by atoms with Crippen LogP contribution < -0.4 is 15.4 Å². The first-order valence-corrected chi connectivity index (χ1v) is 8.32. The molecular formula is C20H19N3O3. The van der Waals surface area contributed by atoms with Crippen LogP contribution in [-0.4, -0.2) is 20.9 Å². The Morgan fingerprint density at radius 2 is 2.00 bits per heavy atom. The van der Waals surface area contributed by atoms with Gasteiger partial charge in [0.2, 0.25) is 12.7 Å². The molecule has 6 nitrogen and oxygen atoms in total. The van der Waals surface area contributed by atoms with Crippen molar-refractivity contribution in [2.75, 3.05) is 25.8 Å². The number of hydrogen-bond donors (Lipinski definition) is 1. The van der Waals surface area contributed by atoms with Crippen LogP contribution in [0, 0.1) is 11.3 Å². The van der Waals surface area contributed by atoms with Crippen molar-refractivity contribution in [3.63, 3.8) is 0 Å². The van der Waals surface area contributed by atoms with Crippen molar-refractivity contribution >= 4 is 5.69 Å². The van der Waals surface area contributed by atoms with Crippen LogP contribution in [0.15, 0.2) is 65.0 Å². The lowest BCUT2D eigenvalue weighted by molar-refractivity contribution is -0.0208. The largest absolute Gasteiger partial charge is 0.461 e. The molecule has 1 aromatic rings. The number of nitrogens with two attached hydrogens (primary N) is 1. The molecule has 2 heterocycles. The summed E-state index contributed by atoms with van der Waals surface area (Å²) in [6.07, 6.45) is 6.46. The van der Waals surface area contributed by atoms with Crippen LogP contribution in [0.5, 0.6) is 5.75 Å². The minimum absolute atomic E-state index is 0.136. The summed E-state index contributed by atoms with van der Waals surface area (Å²) >= 11 is 0. The highest BCUT2D eigenvalue weighted by molar-refractivity contribution is 5.62. The minimum atomic E-state index is -0.313. The van der Waals surface area contributed by atoms with Crippen molar-refractivity contribution in [2.45, 2.75) is 12.3 Å². The molecule has 2 bridgehead atoms. The van der Waals surface area contributed by atoms with E-state index in [1.54, 1.807) is 0 Å². The van der Waals surface area contributed by atoms with Gasteiger partial charge >= 0.3 is 0 Å². The first kappa shape index (κ1) is 16.2. The van der Waals surface area contributed by atoms with E-state index in [1.807, 2.05) is 55.4 Å². The minimum Gasteiger partial charge on any atom is -0.461 e. The summed E-state index contributed by atoms with van der Waals surface area (Å²) in [5.41, 5.74) is 9.29. The predicted octanol–water partition coefficient (Wildman–Crippen LogP) is 3.02. The molecule has 1 fully saturated rings. The smallest absolute Gasteiger partial charge is 0.229 e. The van der Waals surface area contributed by atoms with E-state index >= 15 is 0 Å². The topological polar surface area (TPSA) is 80.7 Å². The fourth-order valence-electron chi connectivity index (χ4n) is 3.32. The highest BCUT2D eigenvalue weighted by Crippen LogP contribution is 2.45. The maximum atomic E-state index is 9.69. The zero-order valence-electron chi connectivity index (χ0n) is 14.7. The van der Waals surface area contributed by atoms with Gasteiger partial charge in [-0.3, -0.25) is 0 Å². The lowest BCUT2D eigenvalue weighted by Gasteiger charge is -2.28. The highest BCUT2D eigenvalue weighted by Gasteiger charge is 2.32. The van der Waals surface area contributed by atoms with Gasteiger partial charge in [0.1, 0.15) is 28.9 Å². The molecule has 6 heteroatoms. The lowest BCUT2D eigenvalue weighted by Crippen LogP contribution is -2.22. The van der Waals surface area contributed by atoms with E-state index in [0.717, 1.165) is 28.3 Å². The second-order valence-corrected chi connectivity index (χ2v) is 6.53. The number of fused-ring (bicyclic) bond motifs is 3. The Kier molecular flexibility index (Phi) is 3.85. The fraction of sp³-hybridized carbons (Fsp3) is 0.250. The van der Waals surface area contributed by atoms with E-state index in [2.05, 4.69) is 6.07 Å². The summed E-state index contributed by atoms with van der Waals surface area (Å²) in [5.74, 6) is 2.15. The molecular weight excluding hydrogens is 330 g/mol. The molecule has 26 heavy (non-hydrogen) atoms. The third-order valence-corrected chi connectivity index (χ3v) is 4.68. The second-order valence-electron chi connectivity index (χ2n) is 6.53. The van der Waals surface area contributed by atoms with E-state index in [4.69, 9.17) is 19.9 Å². The Morgan fingerprint density at radius 1 is 1.19 bits per heavy atom. The van der Waals surface area contributed by atoms with Gasteiger partial charge in [-0.2, -0.15) is 5.26 Å². The number of nitriles is 1. The number of rotatable bonds is 2. The Hall–Kier alpha value is -3.33. The molecule has 1 atom stereocenters. The molecule has 0 radical (unpaired) electrons. The fourth-order valence-corrected chi connectivity index (χ4v) is 3.32. The van der Waals surface area contributed by atoms with Crippen LogP contribution in [0.25, 0.3) is 0 Å². The SMILES string of the molecule is CN(C)c1ccc2c(c1)OC(N)=C(C#N)C2C1=CC=C2CC(=C1)OCO2. The van der Waals surface area contributed by atoms with Crippen molar-refractivity contribution in [2.24, 2.45) is 5.73 Å². The highest BCUT2D eigenvalue weighted by atomic mass is 16.7. The number of hydrogen-bond acceptors (Lipinski definition) is 6. The van der Waals surface area contributed by atoms with Crippen molar-refractivity contribution in [3.8, 4) is 11.8 Å². The van der Waals surface area contributed by atoms with E-state index in [9.17, 15) is 5.26 Å². The predicted molar refractivity (Wildman–Crippen MR) is 96.9 cm³/mol. The molecule has 2 N–H and O–H groups in total. The van der Waals surface area contributed by atoms with Crippen LogP contribution in [0.1, 0.15) is 17.9 Å². The zero-order chi connectivity index (χ0) is 18.3. The van der Waals surface area contributed by atoms with Crippen molar-refractivity contribution in [1.29, 1.82) is 5.26 Å². The molecule has 1 aromatic carbocycles. The van der Waals surface area contributed by atoms with Crippen LogP contribution >= 0.6 is 0 Å². The first-order chi connectivity index (χ1) is 12.6. The Labute approximate surface area is 152 Å². The van der Waals surface area contributed by atoms with Crippen LogP contribution in [0.2, 0.25) is 0 Å². The molecule has 1 saturated heterocycles. The molecule has 2 aliphatic heterocycles. The average molecular weight is 349 g/mol. The van der Waals surface area contributed by atoms with Crippen LogP contribution in [0.4, 0.5) is 5.69 Å². The number of anilines is 1. The summed E-state index contributed by atoms with van der Waals surface area (Å²) < 4.78 is 16.8. The summed E-state index contributed by atoms with van der Waals surface area (Å²) in [4.78, 5) is 1.99. The van der Waals surface area contributed by atoms with Gasteiger partial charge in [0.25, 0.3) is 0 Å². The van der Waals surface area contributed by atoms with E-state index in [-0.39, 0.29) is 18.6 Å². The van der Waals surface area contributed by atoms with Crippen molar-refractivity contribution < 1.29 is 14.2 Å². The molecule has 3 aliphatic rings. The first-order valence-electron chi connectivity index (χ1n) is 8.32. The number of ether oxygens (including phenoxy) is 3. The van der Waals surface area contributed by atoms with Gasteiger partial charge in [0.15, 0.2) is 0 Å². The Bertz CT molecular complexity index is 932. The van der Waals surface area contributed by atoms with Crippen molar-refractivity contribution in [3.05, 3.63) is 70.5 Å². The van der Waals surface area contributed by atoms with Crippen LogP contribution in [0.3, 0.4) is 0 Å². The third-order valence-electron chi connectivity index (χ3n) is 4.68. The summed E-state index contributed by atoms with van der Waals surface area (Å²) in [5, 5.41) is 9.69. The Morgan fingerprint density at radius 3 is 2.77 bits per heavy atom. The quantitative estimate of drug-likeness (QED) is 0.884. The summed E-state index contributed by atoms with van der Waals surface area (Å²) in [6, 6.07) is 8.14. The second kappa shape index (κ2) is 6.19. The summed E-state index contributed by atoms with van der Waals surface area (Å²) in [7, 11) is 3.92. The Balaban J connectivity index is 1.86. The maximum absolute atomic E-state index is 9.69. The molecule has 1 aliphatic carbocycles. The average Bonchev–Trinajstić information content (AvgIpc) is 2.77. The molecule has 1 unspecified atom stereocenters. The lowest BCUT2D eigenvalue weighted by atomic mass is 9.82. The van der Waals surface area contributed by atoms with E-state index in [1.165, 1.54) is 0 Å². The van der Waals surface area contributed by atoms with Gasteiger partial charge in [0.05, 0.1) is 12.3 Å². The van der Waals surface area contributed by atoms with Gasteiger partial charge in [0, 0.05) is 31.4 Å². The monoisotopic (exact) mass is 349 g/mol. The van der Waals surface area contributed by atoms with E-state index < -0.39 is 0 Å². The normalized spacial score (nSPS) is 20.8. The van der Waals surface area contributed by atoms with Gasteiger partial charge < -0.3 is 24.8 Å². The number of allylic oxidation sites excluding steroid dienone is 5. The van der Waals surface area contributed by atoms with Gasteiger partial charge in [-0.1, -0.05) is 12.1 Å².